The number of rotatable bonds is 3. The zero-order chi connectivity index (χ0) is 14.0. The van der Waals surface area contributed by atoms with Crippen molar-refractivity contribution in [3.8, 4) is 0 Å². The van der Waals surface area contributed by atoms with Crippen molar-refractivity contribution < 1.29 is 9.21 Å². The molecular formula is C12H11Cl2N3O2. The molecule has 0 spiro atoms. The number of hydrogen-bond donors (Lipinski definition) is 1. The van der Waals surface area contributed by atoms with E-state index >= 15 is 0 Å². The summed E-state index contributed by atoms with van der Waals surface area (Å²) in [6.07, 6.45) is 0. The number of anilines is 1. The van der Waals surface area contributed by atoms with Crippen LogP contribution >= 0.6 is 23.2 Å². The maximum absolute atomic E-state index is 11.9. The number of hydrogen-bond acceptors (Lipinski definition) is 4. The molecule has 0 unspecified atom stereocenters. The molecule has 0 aliphatic heterocycles. The molecule has 1 heterocycles. The van der Waals surface area contributed by atoms with Gasteiger partial charge < -0.3 is 9.73 Å². The van der Waals surface area contributed by atoms with Crippen LogP contribution in [-0.4, -0.2) is 16.1 Å². The van der Waals surface area contributed by atoms with Crippen molar-refractivity contribution in [1.82, 2.24) is 10.2 Å². The minimum Gasteiger partial charge on any atom is -0.417 e. The lowest BCUT2D eigenvalue weighted by molar-refractivity contribution is 0.0988. The van der Waals surface area contributed by atoms with Gasteiger partial charge in [0.15, 0.2) is 0 Å². The molecule has 0 saturated heterocycles. The van der Waals surface area contributed by atoms with Crippen LogP contribution in [0.15, 0.2) is 22.6 Å². The highest BCUT2D eigenvalue weighted by atomic mass is 35.5. The van der Waals surface area contributed by atoms with Crippen molar-refractivity contribution in [2.24, 2.45) is 0 Å². The van der Waals surface area contributed by atoms with Crippen LogP contribution in [0, 0.1) is 0 Å². The number of benzene rings is 1. The quantitative estimate of drug-likeness (QED) is 0.937. The Balaban J connectivity index is 2.21. The normalized spacial score (nSPS) is 10.8. The van der Waals surface area contributed by atoms with E-state index in [9.17, 15) is 4.79 Å². The topological polar surface area (TPSA) is 68.0 Å². The van der Waals surface area contributed by atoms with Gasteiger partial charge in [0.25, 0.3) is 0 Å². The van der Waals surface area contributed by atoms with Crippen LogP contribution in [0.2, 0.25) is 10.0 Å². The first kappa shape index (κ1) is 13.8. The summed E-state index contributed by atoms with van der Waals surface area (Å²) in [5, 5.41) is 10.7. The van der Waals surface area contributed by atoms with Gasteiger partial charge in [-0.1, -0.05) is 43.1 Å². The van der Waals surface area contributed by atoms with E-state index in [0.717, 1.165) is 0 Å². The number of carbonyl (C=O) groups is 1. The van der Waals surface area contributed by atoms with Gasteiger partial charge in [0.05, 0.1) is 15.7 Å². The predicted molar refractivity (Wildman–Crippen MR) is 72.8 cm³/mol. The predicted octanol–water partition coefficient (Wildman–Crippen LogP) is 3.75. The Bertz CT molecular complexity index is 591. The second kappa shape index (κ2) is 5.59. The van der Waals surface area contributed by atoms with Crippen molar-refractivity contribution in [2.75, 3.05) is 5.32 Å². The minimum atomic E-state index is -0.547. The Hall–Kier alpha value is -1.59. The Morgan fingerprint density at radius 1 is 1.26 bits per heavy atom. The first-order valence-electron chi connectivity index (χ1n) is 5.57. The molecule has 5 nitrogen and oxygen atoms in total. The SMILES string of the molecule is CC(C)c1nnc(C(=O)Nc2c(Cl)cccc2Cl)o1. The number of carbonyl (C=O) groups excluding carboxylic acids is 1. The molecule has 0 saturated carbocycles. The molecule has 0 atom stereocenters. The average Bonchev–Trinajstić information content (AvgIpc) is 2.83. The summed E-state index contributed by atoms with van der Waals surface area (Å²) in [5.41, 5.74) is 0.320. The lowest BCUT2D eigenvalue weighted by atomic mass is 10.2. The molecule has 19 heavy (non-hydrogen) atoms. The van der Waals surface area contributed by atoms with E-state index in [0.29, 0.717) is 21.6 Å². The van der Waals surface area contributed by atoms with Gasteiger partial charge >= 0.3 is 11.8 Å². The number of halogens is 2. The van der Waals surface area contributed by atoms with E-state index in [1.807, 2.05) is 13.8 Å². The summed E-state index contributed by atoms with van der Waals surface area (Å²) in [6, 6.07) is 4.93. The lowest BCUT2D eigenvalue weighted by Crippen LogP contribution is -2.13. The van der Waals surface area contributed by atoms with Crippen molar-refractivity contribution in [3.05, 3.63) is 40.0 Å². The van der Waals surface area contributed by atoms with Crippen molar-refractivity contribution in [3.63, 3.8) is 0 Å². The van der Waals surface area contributed by atoms with Crippen molar-refractivity contribution in [2.45, 2.75) is 19.8 Å². The Morgan fingerprint density at radius 2 is 1.89 bits per heavy atom. The molecule has 2 aromatic rings. The van der Waals surface area contributed by atoms with Crippen LogP contribution in [0.5, 0.6) is 0 Å². The van der Waals surface area contributed by atoms with Gasteiger partial charge in [0.1, 0.15) is 0 Å². The number of amides is 1. The molecule has 1 N–H and O–H groups in total. The average molecular weight is 300 g/mol. The molecule has 2 rings (SSSR count). The number of nitrogens with one attached hydrogen (secondary N) is 1. The van der Waals surface area contributed by atoms with Gasteiger partial charge in [-0.25, -0.2) is 0 Å². The highest BCUT2D eigenvalue weighted by Gasteiger charge is 2.18. The van der Waals surface area contributed by atoms with Crippen molar-refractivity contribution >= 4 is 34.8 Å². The van der Waals surface area contributed by atoms with E-state index in [4.69, 9.17) is 27.6 Å². The van der Waals surface area contributed by atoms with Crippen LogP contribution in [0.25, 0.3) is 0 Å². The van der Waals surface area contributed by atoms with Crippen LogP contribution in [0.3, 0.4) is 0 Å². The van der Waals surface area contributed by atoms with Gasteiger partial charge in [-0.15, -0.1) is 10.2 Å². The molecule has 0 bridgehead atoms. The highest BCUT2D eigenvalue weighted by Crippen LogP contribution is 2.30. The molecule has 1 amide bonds. The first-order chi connectivity index (χ1) is 8.99. The minimum absolute atomic E-state index is 0.0537. The standard InChI is InChI=1S/C12H11Cl2N3O2/c1-6(2)11-16-17-12(19-11)10(18)15-9-7(13)4-3-5-8(9)14/h3-6H,1-2H3,(H,15,18). The van der Waals surface area contributed by atoms with Crippen LogP contribution in [0.4, 0.5) is 5.69 Å². The largest absolute Gasteiger partial charge is 0.417 e. The summed E-state index contributed by atoms with van der Waals surface area (Å²) in [7, 11) is 0. The third kappa shape index (κ3) is 3.05. The summed E-state index contributed by atoms with van der Waals surface area (Å²) in [4.78, 5) is 11.9. The number of nitrogens with zero attached hydrogens (tertiary/aromatic N) is 2. The summed E-state index contributed by atoms with van der Waals surface area (Å²) in [5.74, 6) is -0.220. The molecule has 0 aliphatic rings. The summed E-state index contributed by atoms with van der Waals surface area (Å²) >= 11 is 11.9. The Labute approximate surface area is 119 Å². The summed E-state index contributed by atoms with van der Waals surface area (Å²) < 4.78 is 5.24. The second-order valence-electron chi connectivity index (χ2n) is 4.15. The third-order valence-corrected chi connectivity index (χ3v) is 2.96. The van der Waals surface area contributed by atoms with Crippen LogP contribution < -0.4 is 5.32 Å². The molecule has 100 valence electrons. The van der Waals surface area contributed by atoms with E-state index < -0.39 is 5.91 Å². The van der Waals surface area contributed by atoms with Crippen LogP contribution in [-0.2, 0) is 0 Å². The van der Waals surface area contributed by atoms with Gasteiger partial charge in [0.2, 0.25) is 5.89 Å². The van der Waals surface area contributed by atoms with Gasteiger partial charge in [-0.3, -0.25) is 4.79 Å². The first-order valence-corrected chi connectivity index (χ1v) is 6.33. The van der Waals surface area contributed by atoms with Crippen molar-refractivity contribution in [1.29, 1.82) is 0 Å². The maximum atomic E-state index is 11.9. The van der Waals surface area contributed by atoms with Gasteiger partial charge in [0, 0.05) is 5.92 Å². The van der Waals surface area contributed by atoms with Gasteiger partial charge in [-0.05, 0) is 12.1 Å². The summed E-state index contributed by atoms with van der Waals surface area (Å²) in [6.45, 7) is 3.78. The Kier molecular flexibility index (Phi) is 4.07. The smallest absolute Gasteiger partial charge is 0.313 e. The van der Waals surface area contributed by atoms with E-state index in [2.05, 4.69) is 15.5 Å². The third-order valence-electron chi connectivity index (χ3n) is 2.33. The molecule has 0 fully saturated rings. The fourth-order valence-electron chi connectivity index (χ4n) is 1.34. The fraction of sp³-hybridized carbons (Fsp3) is 0.250. The fourth-order valence-corrected chi connectivity index (χ4v) is 1.84. The molecule has 1 aromatic heterocycles. The zero-order valence-corrected chi connectivity index (χ0v) is 11.8. The number of aromatic nitrogens is 2. The van der Waals surface area contributed by atoms with Gasteiger partial charge in [-0.2, -0.15) is 0 Å². The second-order valence-corrected chi connectivity index (χ2v) is 4.97. The monoisotopic (exact) mass is 299 g/mol. The van der Waals surface area contributed by atoms with E-state index in [1.165, 1.54) is 0 Å². The molecule has 0 radical (unpaired) electrons. The lowest BCUT2D eigenvalue weighted by Gasteiger charge is -2.06. The molecule has 7 heteroatoms. The molecule has 0 aliphatic carbocycles. The van der Waals surface area contributed by atoms with E-state index in [1.54, 1.807) is 18.2 Å². The molecular weight excluding hydrogens is 289 g/mol. The maximum Gasteiger partial charge on any atom is 0.313 e. The number of para-hydroxylation sites is 1. The van der Waals surface area contributed by atoms with E-state index in [-0.39, 0.29) is 11.8 Å². The Morgan fingerprint density at radius 3 is 2.42 bits per heavy atom. The van der Waals surface area contributed by atoms with Crippen LogP contribution in [0.1, 0.15) is 36.3 Å². The molecule has 1 aromatic carbocycles. The zero-order valence-electron chi connectivity index (χ0n) is 10.3. The highest BCUT2D eigenvalue weighted by molar-refractivity contribution is 6.39.